The van der Waals surface area contributed by atoms with Crippen LogP contribution in [-0.2, 0) is 10.0 Å². The molecule has 2 fully saturated rings. The van der Waals surface area contributed by atoms with Gasteiger partial charge < -0.3 is 4.74 Å². The molecule has 0 aromatic heterocycles. The number of nitrogens with zero attached hydrogens (tertiary/aromatic N) is 2. The van der Waals surface area contributed by atoms with E-state index in [1.165, 1.54) is 38.2 Å². The number of carbonyl (C=O) groups excluding carboxylic acids is 1. The van der Waals surface area contributed by atoms with Gasteiger partial charge in [-0.1, -0.05) is 32.6 Å². The zero-order valence-electron chi connectivity index (χ0n) is 19.4. The summed E-state index contributed by atoms with van der Waals surface area (Å²) in [5.74, 6) is 0.0235. The van der Waals surface area contributed by atoms with Crippen LogP contribution in [0.25, 0.3) is 0 Å². The number of carbonyl (C=O) groups is 1. The molecule has 1 aliphatic carbocycles. The third-order valence-corrected chi connectivity index (χ3v) is 9.16. The first kappa shape index (κ1) is 25.1. The Bertz CT molecular complexity index is 874. The van der Waals surface area contributed by atoms with Gasteiger partial charge in [0, 0.05) is 44.2 Å². The van der Waals surface area contributed by atoms with Crippen molar-refractivity contribution in [2.75, 3.05) is 39.0 Å². The lowest BCUT2D eigenvalue weighted by Gasteiger charge is -2.48. The van der Waals surface area contributed by atoms with Crippen LogP contribution >= 0.6 is 0 Å². The molecule has 2 aliphatic rings. The van der Waals surface area contributed by atoms with Gasteiger partial charge in [-0.05, 0) is 37.8 Å². The Balaban J connectivity index is 1.72. The molecule has 0 radical (unpaired) electrons. The lowest BCUT2D eigenvalue weighted by molar-refractivity contribution is 0.0320. The minimum atomic E-state index is -3.18. The van der Waals surface area contributed by atoms with Crippen LogP contribution < -0.4 is 4.74 Å². The molecular formula is C24H37FN2O4S. The first-order valence-corrected chi connectivity index (χ1v) is 13.5. The summed E-state index contributed by atoms with van der Waals surface area (Å²) >= 11 is 0. The summed E-state index contributed by atoms with van der Waals surface area (Å²) in [6.07, 6.45) is 8.44. The molecule has 1 heterocycles. The number of piperazine rings is 1. The van der Waals surface area contributed by atoms with Crippen LogP contribution in [0.15, 0.2) is 18.2 Å². The third kappa shape index (κ3) is 5.88. The molecule has 180 valence electrons. The van der Waals surface area contributed by atoms with Gasteiger partial charge in [-0.3, -0.25) is 9.69 Å². The van der Waals surface area contributed by atoms with Crippen LogP contribution in [0.3, 0.4) is 0 Å². The monoisotopic (exact) mass is 468 g/mol. The molecular weight excluding hydrogens is 431 g/mol. The summed E-state index contributed by atoms with van der Waals surface area (Å²) in [6, 6.07) is 4.06. The molecule has 1 saturated heterocycles. The van der Waals surface area contributed by atoms with Crippen molar-refractivity contribution in [3.8, 4) is 5.75 Å². The highest BCUT2D eigenvalue weighted by Crippen LogP contribution is 2.38. The smallest absolute Gasteiger partial charge is 0.214 e. The van der Waals surface area contributed by atoms with E-state index >= 15 is 0 Å². The highest BCUT2D eigenvalue weighted by atomic mass is 32.2. The number of halogens is 1. The van der Waals surface area contributed by atoms with Crippen molar-refractivity contribution >= 4 is 15.8 Å². The molecule has 3 rings (SSSR count). The lowest BCUT2D eigenvalue weighted by atomic mass is 9.82. The first-order valence-electron chi connectivity index (χ1n) is 11.9. The van der Waals surface area contributed by atoms with Crippen molar-refractivity contribution in [3.63, 3.8) is 0 Å². The zero-order valence-corrected chi connectivity index (χ0v) is 20.3. The quantitative estimate of drug-likeness (QED) is 0.400. The fourth-order valence-corrected chi connectivity index (χ4v) is 6.81. The van der Waals surface area contributed by atoms with Crippen molar-refractivity contribution in [2.45, 2.75) is 70.3 Å². The number of Topliss-reactive ketones (excluding diaryl/α,β-unsaturated/α-hetero) is 1. The van der Waals surface area contributed by atoms with E-state index < -0.39 is 15.8 Å². The molecule has 0 bridgehead atoms. The van der Waals surface area contributed by atoms with E-state index in [1.54, 1.807) is 4.31 Å². The van der Waals surface area contributed by atoms with Crippen molar-refractivity contribution in [3.05, 3.63) is 29.6 Å². The van der Waals surface area contributed by atoms with Gasteiger partial charge in [-0.25, -0.2) is 12.8 Å². The van der Waals surface area contributed by atoms with E-state index in [2.05, 4.69) is 4.90 Å². The third-order valence-electron chi connectivity index (χ3n) is 7.08. The van der Waals surface area contributed by atoms with E-state index in [-0.39, 0.29) is 22.8 Å². The summed E-state index contributed by atoms with van der Waals surface area (Å²) in [7, 11) is -1.73. The topological polar surface area (TPSA) is 66.9 Å². The van der Waals surface area contributed by atoms with E-state index in [0.29, 0.717) is 44.6 Å². The molecule has 1 aromatic rings. The number of hydrogen-bond acceptors (Lipinski definition) is 5. The Labute approximate surface area is 192 Å². The van der Waals surface area contributed by atoms with Crippen molar-refractivity contribution < 1.29 is 22.3 Å². The molecule has 0 N–H and O–H groups in total. The fourth-order valence-electron chi connectivity index (χ4n) is 5.31. The summed E-state index contributed by atoms with van der Waals surface area (Å²) in [6.45, 7) is 4.34. The van der Waals surface area contributed by atoms with E-state index in [1.807, 2.05) is 6.92 Å². The molecule has 1 saturated carbocycles. The van der Waals surface area contributed by atoms with Gasteiger partial charge in [0.25, 0.3) is 0 Å². The van der Waals surface area contributed by atoms with Crippen LogP contribution in [0.4, 0.5) is 4.39 Å². The number of sulfonamides is 1. The maximum Gasteiger partial charge on any atom is 0.214 e. The molecule has 0 atom stereocenters. The minimum Gasteiger partial charge on any atom is -0.496 e. The van der Waals surface area contributed by atoms with Crippen LogP contribution in [0.5, 0.6) is 5.75 Å². The van der Waals surface area contributed by atoms with Gasteiger partial charge >= 0.3 is 0 Å². The molecule has 1 aromatic carbocycles. The average Bonchev–Trinajstić information content (AvgIpc) is 3.04. The average molecular weight is 469 g/mol. The molecule has 8 heteroatoms. The maximum atomic E-state index is 13.5. The number of ketones is 1. The van der Waals surface area contributed by atoms with Crippen LogP contribution in [0.1, 0.15) is 75.1 Å². The van der Waals surface area contributed by atoms with Crippen LogP contribution in [0.2, 0.25) is 0 Å². The number of hydrogen-bond donors (Lipinski definition) is 0. The van der Waals surface area contributed by atoms with Gasteiger partial charge in [0.15, 0.2) is 5.78 Å². The molecule has 0 spiro atoms. The minimum absolute atomic E-state index is 0.0327. The Hall–Kier alpha value is -1.51. The second-order valence-corrected chi connectivity index (χ2v) is 11.2. The molecule has 0 unspecified atom stereocenters. The highest BCUT2D eigenvalue weighted by molar-refractivity contribution is 7.89. The maximum absolute atomic E-state index is 13.5. The Morgan fingerprint density at radius 2 is 1.75 bits per heavy atom. The Kier molecular flexibility index (Phi) is 8.69. The second-order valence-electron chi connectivity index (χ2n) is 9.11. The van der Waals surface area contributed by atoms with Gasteiger partial charge in [0.05, 0.1) is 18.4 Å². The van der Waals surface area contributed by atoms with E-state index in [0.717, 1.165) is 32.1 Å². The molecule has 0 amide bonds. The van der Waals surface area contributed by atoms with Crippen LogP contribution in [0, 0.1) is 5.82 Å². The van der Waals surface area contributed by atoms with Crippen molar-refractivity contribution in [1.29, 1.82) is 0 Å². The fraction of sp³-hybridized carbons (Fsp3) is 0.708. The second kappa shape index (κ2) is 11.1. The lowest BCUT2D eigenvalue weighted by Crippen LogP contribution is -2.58. The zero-order chi connectivity index (χ0) is 23.2. The first-order chi connectivity index (χ1) is 15.3. The predicted molar refractivity (Wildman–Crippen MR) is 124 cm³/mol. The van der Waals surface area contributed by atoms with Gasteiger partial charge in [-0.2, -0.15) is 4.31 Å². The molecule has 6 nitrogen and oxygen atoms in total. The number of methoxy groups -OCH3 is 1. The largest absolute Gasteiger partial charge is 0.496 e. The summed E-state index contributed by atoms with van der Waals surface area (Å²) in [4.78, 5) is 15.5. The summed E-state index contributed by atoms with van der Waals surface area (Å²) < 4.78 is 45.4. The summed E-state index contributed by atoms with van der Waals surface area (Å²) in [5.41, 5.74) is 0.341. The van der Waals surface area contributed by atoms with E-state index in [9.17, 15) is 17.6 Å². The number of rotatable bonds is 9. The Morgan fingerprint density at radius 1 is 1.09 bits per heavy atom. The number of benzene rings is 1. The molecule has 32 heavy (non-hydrogen) atoms. The van der Waals surface area contributed by atoms with E-state index in [4.69, 9.17) is 4.74 Å². The Morgan fingerprint density at radius 3 is 2.34 bits per heavy atom. The van der Waals surface area contributed by atoms with Crippen LogP contribution in [-0.4, -0.2) is 68.0 Å². The number of ether oxygens (including phenoxy) is 1. The standard InChI is InChI=1S/C24H37FN2O4S/c1-3-18-32(29,30)27-16-14-26(15-17-27)24(11-6-4-5-7-12-24)13-10-22(28)21-9-8-20(25)19-23(21)31-2/h8-9,19H,3-7,10-18H2,1-2H3. The normalized spacial score (nSPS) is 20.6. The van der Waals surface area contributed by atoms with Crippen molar-refractivity contribution in [1.82, 2.24) is 9.21 Å². The summed E-state index contributed by atoms with van der Waals surface area (Å²) in [5, 5.41) is 0. The van der Waals surface area contributed by atoms with Gasteiger partial charge in [0.1, 0.15) is 11.6 Å². The van der Waals surface area contributed by atoms with Crippen molar-refractivity contribution in [2.24, 2.45) is 0 Å². The highest BCUT2D eigenvalue weighted by Gasteiger charge is 2.40. The molecule has 1 aliphatic heterocycles. The van der Waals surface area contributed by atoms with Gasteiger partial charge in [0.2, 0.25) is 10.0 Å². The van der Waals surface area contributed by atoms with Gasteiger partial charge in [-0.15, -0.1) is 0 Å². The predicted octanol–water partition coefficient (Wildman–Crippen LogP) is 4.25. The SMILES string of the molecule is CCCS(=O)(=O)N1CCN(C2(CCC(=O)c3ccc(F)cc3OC)CCCCCC2)CC1.